The molecule has 24 heavy (non-hydrogen) atoms. The molecule has 1 aromatic carbocycles. The van der Waals surface area contributed by atoms with Gasteiger partial charge in [-0.1, -0.05) is 18.2 Å². The first kappa shape index (κ1) is 17.0. The van der Waals surface area contributed by atoms with Gasteiger partial charge in [-0.2, -0.15) is 0 Å². The van der Waals surface area contributed by atoms with Gasteiger partial charge >= 0.3 is 0 Å². The Kier molecular flexibility index (Phi) is 5.21. The fourth-order valence-corrected chi connectivity index (χ4v) is 3.21. The van der Waals surface area contributed by atoms with E-state index in [1.807, 2.05) is 38.1 Å². The van der Waals surface area contributed by atoms with Crippen LogP contribution in [-0.2, 0) is 11.3 Å². The SMILES string of the molecule is CC(C)OCc1c(C(=O)N2CCCC(CO)C2)oc2ccccc12. The van der Waals surface area contributed by atoms with Crippen LogP contribution in [-0.4, -0.2) is 41.7 Å². The third-order valence-electron chi connectivity index (χ3n) is 4.52. The van der Waals surface area contributed by atoms with Crippen molar-refractivity contribution in [2.24, 2.45) is 5.92 Å². The van der Waals surface area contributed by atoms with Gasteiger partial charge in [-0.15, -0.1) is 0 Å². The second-order valence-corrected chi connectivity index (χ2v) is 6.71. The number of carbonyl (C=O) groups excluding carboxylic acids is 1. The molecular weight excluding hydrogens is 306 g/mol. The molecule has 3 rings (SSSR count). The van der Waals surface area contributed by atoms with Crippen molar-refractivity contribution >= 4 is 16.9 Å². The van der Waals surface area contributed by atoms with Crippen LogP contribution < -0.4 is 0 Å². The Morgan fingerprint density at radius 3 is 2.96 bits per heavy atom. The van der Waals surface area contributed by atoms with E-state index in [0.29, 0.717) is 31.0 Å². The van der Waals surface area contributed by atoms with Crippen molar-refractivity contribution in [1.29, 1.82) is 0 Å². The average Bonchev–Trinajstić information content (AvgIpc) is 2.98. The van der Waals surface area contributed by atoms with E-state index < -0.39 is 0 Å². The van der Waals surface area contributed by atoms with Gasteiger partial charge in [-0.25, -0.2) is 0 Å². The average molecular weight is 331 g/mol. The maximum absolute atomic E-state index is 13.0. The van der Waals surface area contributed by atoms with Crippen LogP contribution in [0.2, 0.25) is 0 Å². The van der Waals surface area contributed by atoms with E-state index in [0.717, 1.165) is 23.8 Å². The summed E-state index contributed by atoms with van der Waals surface area (Å²) in [5.74, 6) is 0.421. The van der Waals surface area contributed by atoms with Gasteiger partial charge in [0.15, 0.2) is 5.76 Å². The third kappa shape index (κ3) is 3.47. The van der Waals surface area contributed by atoms with E-state index in [2.05, 4.69) is 0 Å². The minimum absolute atomic E-state index is 0.0790. The number of piperidine rings is 1. The van der Waals surface area contributed by atoms with E-state index in [4.69, 9.17) is 9.15 Å². The lowest BCUT2D eigenvalue weighted by Gasteiger charge is -2.31. The van der Waals surface area contributed by atoms with Crippen LogP contribution in [0.25, 0.3) is 11.0 Å². The first-order chi connectivity index (χ1) is 11.6. The van der Waals surface area contributed by atoms with Crippen LogP contribution in [0.4, 0.5) is 0 Å². The van der Waals surface area contributed by atoms with Crippen LogP contribution in [0.3, 0.4) is 0 Å². The summed E-state index contributed by atoms with van der Waals surface area (Å²) in [5.41, 5.74) is 1.52. The number of rotatable bonds is 5. The van der Waals surface area contributed by atoms with Crippen molar-refractivity contribution < 1.29 is 19.1 Å². The Hall–Kier alpha value is -1.85. The molecule has 1 saturated heterocycles. The summed E-state index contributed by atoms with van der Waals surface area (Å²) in [4.78, 5) is 14.8. The maximum atomic E-state index is 13.0. The highest BCUT2D eigenvalue weighted by molar-refractivity contribution is 5.99. The van der Waals surface area contributed by atoms with E-state index in [1.165, 1.54) is 0 Å². The molecular formula is C19H25NO4. The molecule has 5 heteroatoms. The van der Waals surface area contributed by atoms with Gasteiger partial charge in [0.1, 0.15) is 5.58 Å². The Balaban J connectivity index is 1.92. The Morgan fingerprint density at radius 2 is 2.21 bits per heavy atom. The number of fused-ring (bicyclic) bond motifs is 1. The number of likely N-dealkylation sites (tertiary alicyclic amines) is 1. The molecule has 1 fully saturated rings. The van der Waals surface area contributed by atoms with Crippen LogP contribution in [0.5, 0.6) is 0 Å². The van der Waals surface area contributed by atoms with Crippen LogP contribution in [0.1, 0.15) is 42.8 Å². The summed E-state index contributed by atoms with van der Waals surface area (Å²) >= 11 is 0. The lowest BCUT2D eigenvalue weighted by Crippen LogP contribution is -2.41. The maximum Gasteiger partial charge on any atom is 0.290 e. The number of furan rings is 1. The monoisotopic (exact) mass is 331 g/mol. The van der Waals surface area contributed by atoms with Gasteiger partial charge in [-0.3, -0.25) is 4.79 Å². The number of aliphatic hydroxyl groups excluding tert-OH is 1. The summed E-state index contributed by atoms with van der Waals surface area (Å²) in [5, 5.41) is 10.3. The van der Waals surface area contributed by atoms with Crippen molar-refractivity contribution in [2.45, 2.75) is 39.4 Å². The van der Waals surface area contributed by atoms with Crippen molar-refractivity contribution in [3.8, 4) is 0 Å². The standard InChI is InChI=1S/C19H25NO4/c1-13(2)23-12-16-15-7-3-4-8-17(15)24-18(16)19(22)20-9-5-6-14(10-20)11-21/h3-4,7-8,13-14,21H,5-6,9-12H2,1-2H3. The highest BCUT2D eigenvalue weighted by Gasteiger charge is 2.29. The normalized spacial score (nSPS) is 18.5. The minimum Gasteiger partial charge on any atom is -0.451 e. The molecule has 1 N–H and O–H groups in total. The molecule has 2 aromatic rings. The predicted molar refractivity (Wildman–Crippen MR) is 91.9 cm³/mol. The van der Waals surface area contributed by atoms with Crippen molar-refractivity contribution in [3.63, 3.8) is 0 Å². The number of hydrogen-bond acceptors (Lipinski definition) is 4. The molecule has 2 heterocycles. The molecule has 0 spiro atoms. The van der Waals surface area contributed by atoms with Crippen molar-refractivity contribution in [1.82, 2.24) is 4.90 Å². The Bertz CT molecular complexity index is 706. The zero-order valence-electron chi connectivity index (χ0n) is 14.3. The van der Waals surface area contributed by atoms with Gasteiger partial charge in [0, 0.05) is 30.6 Å². The highest BCUT2D eigenvalue weighted by Crippen LogP contribution is 2.29. The number of nitrogens with zero attached hydrogens (tertiary/aromatic N) is 1. The van der Waals surface area contributed by atoms with Crippen molar-refractivity contribution in [2.75, 3.05) is 19.7 Å². The highest BCUT2D eigenvalue weighted by atomic mass is 16.5. The molecule has 0 radical (unpaired) electrons. The lowest BCUT2D eigenvalue weighted by atomic mass is 9.98. The molecule has 5 nitrogen and oxygen atoms in total. The molecule has 1 aliphatic rings. The number of para-hydroxylation sites is 1. The van der Waals surface area contributed by atoms with E-state index in [1.54, 1.807) is 4.90 Å². The molecule has 1 atom stereocenters. The lowest BCUT2D eigenvalue weighted by molar-refractivity contribution is 0.0545. The molecule has 130 valence electrons. The van der Waals surface area contributed by atoms with Gasteiger partial charge < -0.3 is 19.2 Å². The molecule has 0 bridgehead atoms. The van der Waals surface area contributed by atoms with Crippen LogP contribution in [0.15, 0.2) is 28.7 Å². The largest absolute Gasteiger partial charge is 0.451 e. The number of hydrogen-bond donors (Lipinski definition) is 1. The predicted octanol–water partition coefficient (Wildman–Crippen LogP) is 3.20. The quantitative estimate of drug-likeness (QED) is 0.914. The van der Waals surface area contributed by atoms with E-state index in [9.17, 15) is 9.90 Å². The number of benzene rings is 1. The van der Waals surface area contributed by atoms with Crippen molar-refractivity contribution in [3.05, 3.63) is 35.6 Å². The smallest absolute Gasteiger partial charge is 0.290 e. The summed E-state index contributed by atoms with van der Waals surface area (Å²) < 4.78 is 11.6. The van der Waals surface area contributed by atoms with Gasteiger partial charge in [-0.05, 0) is 38.7 Å². The summed E-state index contributed by atoms with van der Waals surface area (Å²) in [6.45, 7) is 5.70. The number of ether oxygens (including phenoxy) is 1. The number of amides is 1. The van der Waals surface area contributed by atoms with Gasteiger partial charge in [0.2, 0.25) is 0 Å². The number of carbonyl (C=O) groups is 1. The first-order valence-corrected chi connectivity index (χ1v) is 8.62. The zero-order valence-corrected chi connectivity index (χ0v) is 14.3. The zero-order chi connectivity index (χ0) is 17.1. The van der Waals surface area contributed by atoms with Gasteiger partial charge in [0.25, 0.3) is 5.91 Å². The summed E-state index contributed by atoms with van der Waals surface area (Å²) in [6.07, 6.45) is 1.95. The Morgan fingerprint density at radius 1 is 1.42 bits per heavy atom. The minimum atomic E-state index is -0.105. The third-order valence-corrected chi connectivity index (χ3v) is 4.52. The topological polar surface area (TPSA) is 62.9 Å². The van der Waals surface area contributed by atoms with Gasteiger partial charge in [0.05, 0.1) is 12.7 Å². The molecule has 0 aliphatic carbocycles. The fourth-order valence-electron chi connectivity index (χ4n) is 3.21. The summed E-state index contributed by atoms with van der Waals surface area (Å²) in [7, 11) is 0. The van der Waals surface area contributed by atoms with E-state index >= 15 is 0 Å². The molecule has 0 saturated carbocycles. The molecule has 1 aromatic heterocycles. The first-order valence-electron chi connectivity index (χ1n) is 8.62. The molecule has 1 aliphatic heterocycles. The van der Waals surface area contributed by atoms with E-state index in [-0.39, 0.29) is 24.5 Å². The summed E-state index contributed by atoms with van der Waals surface area (Å²) in [6, 6.07) is 7.67. The van der Waals surface area contributed by atoms with Crippen LogP contribution in [0, 0.1) is 5.92 Å². The molecule has 1 amide bonds. The number of aliphatic hydroxyl groups is 1. The second-order valence-electron chi connectivity index (χ2n) is 6.71. The Labute approximate surface area is 142 Å². The molecule has 1 unspecified atom stereocenters. The van der Waals surface area contributed by atoms with Crippen LogP contribution >= 0.6 is 0 Å². The second kappa shape index (κ2) is 7.36. The fraction of sp³-hybridized carbons (Fsp3) is 0.526.